The number of anilines is 2. The zero-order valence-electron chi connectivity index (χ0n) is 24.9. The fraction of sp³-hybridized carbons (Fsp3) is 0.294. The van der Waals surface area contributed by atoms with Crippen molar-refractivity contribution in [1.29, 1.82) is 0 Å². The fourth-order valence-electron chi connectivity index (χ4n) is 7.77. The van der Waals surface area contributed by atoms with E-state index in [9.17, 15) is 28.7 Å². The number of alkyl halides is 2. The standard InChI is InChI=1S/C34H26Cl2FIN2O7/c1-46-24-13-20(41)14-25(47-2)27(24)28-21-11-12-22-26(30(43)39(29(22)42)18-9-5-17(38)6-10-18)23(21)15-33(35)31(44)40(32(45)34(28,33)36)19-7-3-16(37)4-8-19/h3-11,13-14,22-23,26,28,41H,12,15H2,1-2H3/t22-,23+,26-,28+,33+,34-/m0/s1. The molecule has 7 rings (SSSR count). The summed E-state index contributed by atoms with van der Waals surface area (Å²) in [6, 6.07) is 14.4. The van der Waals surface area contributed by atoms with Crippen LogP contribution in [0.15, 0.2) is 72.3 Å². The number of rotatable bonds is 5. The van der Waals surface area contributed by atoms with E-state index in [1.165, 1.54) is 43.4 Å². The Morgan fingerprint density at radius 1 is 0.851 bits per heavy atom. The Morgan fingerprint density at radius 3 is 2.02 bits per heavy atom. The minimum absolute atomic E-state index is 0.0612. The number of imide groups is 2. The van der Waals surface area contributed by atoms with Gasteiger partial charge in [0.1, 0.15) is 23.1 Å². The van der Waals surface area contributed by atoms with Gasteiger partial charge in [0.25, 0.3) is 11.8 Å². The molecule has 3 aromatic rings. The van der Waals surface area contributed by atoms with E-state index in [0.29, 0.717) is 11.3 Å². The third-order valence-electron chi connectivity index (χ3n) is 9.80. The van der Waals surface area contributed by atoms with Crippen molar-refractivity contribution >= 4 is 80.8 Å². The van der Waals surface area contributed by atoms with Crippen LogP contribution in [0, 0.1) is 27.1 Å². The van der Waals surface area contributed by atoms with Crippen molar-refractivity contribution in [2.45, 2.75) is 28.5 Å². The lowest BCUT2D eigenvalue weighted by molar-refractivity contribution is -0.125. The SMILES string of the molecule is COc1cc(O)cc(OC)c1[C@H]1C2=CC[C@@H]3C(=O)N(c4ccc(I)cc4)C(=O)[C@@H]3[C@@H]2C[C@@]2(Cl)C(=O)N(c3ccc(F)cc3)C(=O)[C@@]12Cl. The van der Waals surface area contributed by atoms with Crippen LogP contribution < -0.4 is 19.3 Å². The number of benzene rings is 3. The first-order valence-electron chi connectivity index (χ1n) is 14.7. The Balaban J connectivity index is 1.45. The number of methoxy groups -OCH3 is 2. The molecule has 4 amide bonds. The third-order valence-corrected chi connectivity index (χ3v) is 11.9. The molecule has 0 unspecified atom stereocenters. The van der Waals surface area contributed by atoms with Gasteiger partial charge < -0.3 is 14.6 Å². The van der Waals surface area contributed by atoms with Gasteiger partial charge in [-0.1, -0.05) is 11.6 Å². The largest absolute Gasteiger partial charge is 0.508 e. The molecule has 2 saturated heterocycles. The van der Waals surface area contributed by atoms with E-state index in [1.807, 2.05) is 0 Å². The fourth-order valence-corrected chi connectivity index (χ4v) is 9.05. The predicted molar refractivity (Wildman–Crippen MR) is 179 cm³/mol. The van der Waals surface area contributed by atoms with Gasteiger partial charge in [0, 0.05) is 27.2 Å². The van der Waals surface area contributed by atoms with E-state index in [-0.39, 0.29) is 47.2 Å². The number of aromatic hydroxyl groups is 1. The van der Waals surface area contributed by atoms with Crippen LogP contribution in [0.25, 0.3) is 0 Å². The highest BCUT2D eigenvalue weighted by atomic mass is 127. The van der Waals surface area contributed by atoms with E-state index in [4.69, 9.17) is 32.7 Å². The van der Waals surface area contributed by atoms with E-state index < -0.39 is 57.0 Å². The highest BCUT2D eigenvalue weighted by Gasteiger charge is 2.77. The number of fused-ring (bicyclic) bond motifs is 4. The maximum Gasteiger partial charge on any atom is 0.258 e. The van der Waals surface area contributed by atoms with Crippen LogP contribution in [-0.4, -0.2) is 52.7 Å². The number of carbonyl (C=O) groups is 4. The summed E-state index contributed by atoms with van der Waals surface area (Å²) in [5.74, 6) is -6.79. The Kier molecular flexibility index (Phi) is 7.60. The molecule has 0 radical (unpaired) electrons. The second-order valence-electron chi connectivity index (χ2n) is 12.0. The lowest BCUT2D eigenvalue weighted by Crippen LogP contribution is -2.60. The van der Waals surface area contributed by atoms with Crippen LogP contribution in [-0.2, 0) is 19.2 Å². The Morgan fingerprint density at radius 2 is 1.43 bits per heavy atom. The molecule has 9 nitrogen and oxygen atoms in total. The van der Waals surface area contributed by atoms with E-state index in [1.54, 1.807) is 30.3 Å². The maximum absolute atomic E-state index is 14.6. The topological polar surface area (TPSA) is 113 Å². The number of ether oxygens (including phenoxy) is 2. The second-order valence-corrected chi connectivity index (χ2v) is 14.5. The molecule has 2 heterocycles. The molecule has 1 N–H and O–H groups in total. The molecular weight excluding hydrogens is 765 g/mol. The number of phenols is 1. The monoisotopic (exact) mass is 790 g/mol. The second kappa shape index (κ2) is 11.2. The molecular formula is C34H26Cl2FIN2O7. The smallest absolute Gasteiger partial charge is 0.258 e. The zero-order valence-corrected chi connectivity index (χ0v) is 28.5. The number of allylic oxidation sites excluding steroid dienone is 2. The average Bonchev–Trinajstić information content (AvgIpc) is 3.39. The molecule has 1 saturated carbocycles. The first-order valence-corrected chi connectivity index (χ1v) is 16.5. The molecule has 0 spiro atoms. The number of carbonyl (C=O) groups excluding carboxylic acids is 4. The summed E-state index contributed by atoms with van der Waals surface area (Å²) in [5, 5.41) is 10.5. The van der Waals surface area contributed by atoms with Gasteiger partial charge in [-0.15, -0.1) is 23.2 Å². The number of hydrogen-bond donors (Lipinski definition) is 1. The lowest BCUT2D eigenvalue weighted by atomic mass is 9.56. The van der Waals surface area contributed by atoms with Crippen molar-refractivity contribution < 1.29 is 38.1 Å². The molecule has 0 bridgehead atoms. The zero-order chi connectivity index (χ0) is 33.6. The molecule has 6 atom stereocenters. The van der Waals surface area contributed by atoms with E-state index >= 15 is 0 Å². The van der Waals surface area contributed by atoms with Crippen LogP contribution in [0.3, 0.4) is 0 Å². The minimum atomic E-state index is -2.20. The van der Waals surface area contributed by atoms with Gasteiger partial charge in [-0.25, -0.2) is 9.29 Å². The number of amides is 4. The van der Waals surface area contributed by atoms with Gasteiger partial charge in [-0.2, -0.15) is 0 Å². The number of hydrogen-bond acceptors (Lipinski definition) is 7. The van der Waals surface area contributed by atoms with Crippen LogP contribution >= 0.6 is 45.8 Å². The van der Waals surface area contributed by atoms with E-state index in [2.05, 4.69) is 22.6 Å². The first kappa shape index (κ1) is 31.9. The molecule has 13 heteroatoms. The summed E-state index contributed by atoms with van der Waals surface area (Å²) in [4.78, 5) is 54.9. The molecule has 3 aromatic carbocycles. The quantitative estimate of drug-likeness (QED) is 0.148. The van der Waals surface area contributed by atoms with Crippen LogP contribution in [0.1, 0.15) is 24.3 Å². The Hall–Kier alpha value is -3.68. The van der Waals surface area contributed by atoms with Crippen molar-refractivity contribution in [2.24, 2.45) is 17.8 Å². The van der Waals surface area contributed by atoms with Gasteiger partial charge in [-0.3, -0.25) is 24.1 Å². The van der Waals surface area contributed by atoms with Crippen molar-refractivity contribution in [3.8, 4) is 17.2 Å². The van der Waals surface area contributed by atoms with Gasteiger partial charge in [0.15, 0.2) is 9.75 Å². The summed E-state index contributed by atoms with van der Waals surface area (Å²) in [6.45, 7) is 0. The molecule has 2 aliphatic heterocycles. The van der Waals surface area contributed by atoms with Gasteiger partial charge in [-0.05, 0) is 89.9 Å². The Bertz CT molecular complexity index is 1880. The molecule has 47 heavy (non-hydrogen) atoms. The Labute approximate surface area is 292 Å². The molecule has 0 aromatic heterocycles. The number of phenolic OH excluding ortho intramolecular Hbond substituents is 1. The van der Waals surface area contributed by atoms with E-state index in [0.717, 1.165) is 20.6 Å². The summed E-state index contributed by atoms with van der Waals surface area (Å²) < 4.78 is 26.2. The maximum atomic E-state index is 14.6. The summed E-state index contributed by atoms with van der Waals surface area (Å²) in [5.41, 5.74) is 1.24. The van der Waals surface area contributed by atoms with Crippen molar-refractivity contribution in [1.82, 2.24) is 0 Å². The molecule has 4 aliphatic rings. The third kappa shape index (κ3) is 4.38. The van der Waals surface area contributed by atoms with Gasteiger partial charge >= 0.3 is 0 Å². The van der Waals surface area contributed by atoms with Crippen LogP contribution in [0.4, 0.5) is 15.8 Å². The highest BCUT2D eigenvalue weighted by Crippen LogP contribution is 2.67. The number of nitrogens with zero attached hydrogens (tertiary/aromatic N) is 2. The minimum Gasteiger partial charge on any atom is -0.508 e. The number of halogens is 4. The van der Waals surface area contributed by atoms with Gasteiger partial charge in [0.2, 0.25) is 11.8 Å². The summed E-state index contributed by atoms with van der Waals surface area (Å²) in [7, 11) is 2.73. The predicted octanol–water partition coefficient (Wildman–Crippen LogP) is 5.92. The molecule has 3 fully saturated rings. The molecule has 2 aliphatic carbocycles. The van der Waals surface area contributed by atoms with Crippen LogP contribution in [0.2, 0.25) is 0 Å². The first-order chi connectivity index (χ1) is 22.4. The highest BCUT2D eigenvalue weighted by molar-refractivity contribution is 14.1. The van der Waals surface area contributed by atoms with Gasteiger partial charge in [0.05, 0.1) is 37.4 Å². The van der Waals surface area contributed by atoms with Crippen molar-refractivity contribution in [3.05, 3.63) is 87.3 Å². The summed E-state index contributed by atoms with van der Waals surface area (Å²) in [6.07, 6.45) is 1.71. The van der Waals surface area contributed by atoms with Crippen LogP contribution in [0.5, 0.6) is 17.2 Å². The summed E-state index contributed by atoms with van der Waals surface area (Å²) >= 11 is 17.0. The average molecular weight is 791 g/mol. The van der Waals surface area contributed by atoms with Crippen molar-refractivity contribution in [3.63, 3.8) is 0 Å². The lowest BCUT2D eigenvalue weighted by Gasteiger charge is -2.51. The van der Waals surface area contributed by atoms with Crippen molar-refractivity contribution in [2.75, 3.05) is 24.0 Å². The normalized spacial score (nSPS) is 29.8. The molecule has 242 valence electrons.